The minimum Gasteiger partial charge on any atom is -0.389 e. The second-order valence-electron chi connectivity index (χ2n) is 6.10. The van der Waals surface area contributed by atoms with Gasteiger partial charge in [0.05, 0.1) is 24.4 Å². The topological polar surface area (TPSA) is 50.7 Å². The van der Waals surface area contributed by atoms with Crippen LogP contribution in [-0.4, -0.2) is 49.2 Å². The van der Waals surface area contributed by atoms with Crippen molar-refractivity contribution < 1.29 is 14.6 Å². The highest BCUT2D eigenvalue weighted by molar-refractivity contribution is 4.77. The molecule has 2 N–H and O–H groups in total. The molecule has 0 spiro atoms. The molecule has 0 aromatic carbocycles. The highest BCUT2D eigenvalue weighted by Crippen LogP contribution is 2.22. The summed E-state index contributed by atoms with van der Waals surface area (Å²) in [6.45, 7) is 10.9. The average Bonchev–Trinajstić information content (AvgIpc) is 2.73. The molecule has 0 aliphatic carbocycles. The van der Waals surface area contributed by atoms with Gasteiger partial charge in [-0.3, -0.25) is 0 Å². The van der Waals surface area contributed by atoms with Crippen molar-refractivity contribution in [2.75, 3.05) is 26.3 Å². The number of hydrogen-bond acceptors (Lipinski definition) is 4. The lowest BCUT2D eigenvalue weighted by molar-refractivity contribution is -0.0481. The van der Waals surface area contributed by atoms with Crippen molar-refractivity contribution in [2.24, 2.45) is 5.92 Å². The molecule has 0 saturated carbocycles. The molecule has 1 saturated heterocycles. The average molecular weight is 259 g/mol. The van der Waals surface area contributed by atoms with Gasteiger partial charge in [-0.2, -0.15) is 0 Å². The Morgan fingerprint density at radius 2 is 2.17 bits per heavy atom. The summed E-state index contributed by atoms with van der Waals surface area (Å²) < 4.78 is 11.2. The van der Waals surface area contributed by atoms with E-state index in [1.54, 1.807) is 0 Å². The molecule has 4 heteroatoms. The molecule has 0 radical (unpaired) electrons. The number of hydrogen-bond donors (Lipinski definition) is 2. The van der Waals surface area contributed by atoms with Crippen LogP contribution in [0.1, 0.15) is 40.5 Å². The summed E-state index contributed by atoms with van der Waals surface area (Å²) in [5.74, 6) is 0.589. The molecule has 1 aliphatic heterocycles. The number of aliphatic hydroxyl groups excluding tert-OH is 1. The van der Waals surface area contributed by atoms with E-state index in [0.717, 1.165) is 26.0 Å². The standard InChI is InChI=1S/C14H29NO3/c1-5-13-11(6-7-17-13)8-15-9-12(16)10-18-14(2,3)4/h11-13,15-16H,5-10H2,1-4H3. The zero-order chi connectivity index (χ0) is 13.6. The fraction of sp³-hybridized carbons (Fsp3) is 1.00. The van der Waals surface area contributed by atoms with Gasteiger partial charge in [-0.05, 0) is 39.5 Å². The Morgan fingerprint density at radius 3 is 2.78 bits per heavy atom. The first kappa shape index (κ1) is 15.9. The fourth-order valence-corrected chi connectivity index (χ4v) is 2.22. The van der Waals surface area contributed by atoms with Gasteiger partial charge in [0.2, 0.25) is 0 Å². The second kappa shape index (κ2) is 7.43. The van der Waals surface area contributed by atoms with Gasteiger partial charge in [0, 0.05) is 19.7 Å². The van der Waals surface area contributed by atoms with E-state index in [1.165, 1.54) is 0 Å². The number of ether oxygens (including phenoxy) is 2. The van der Waals surface area contributed by atoms with Gasteiger partial charge in [0.15, 0.2) is 0 Å². The minimum atomic E-state index is -0.438. The molecule has 0 aromatic rings. The molecule has 0 aromatic heterocycles. The maximum atomic E-state index is 9.79. The van der Waals surface area contributed by atoms with Crippen LogP contribution in [-0.2, 0) is 9.47 Å². The third kappa shape index (κ3) is 6.14. The van der Waals surface area contributed by atoms with E-state index < -0.39 is 6.10 Å². The number of aliphatic hydroxyl groups is 1. The molecule has 108 valence electrons. The Bertz CT molecular complexity index is 228. The molecular weight excluding hydrogens is 230 g/mol. The van der Waals surface area contributed by atoms with Crippen LogP contribution in [0.4, 0.5) is 0 Å². The smallest absolute Gasteiger partial charge is 0.0897 e. The van der Waals surface area contributed by atoms with Crippen LogP contribution in [0, 0.1) is 5.92 Å². The molecule has 1 rings (SSSR count). The molecule has 3 unspecified atom stereocenters. The highest BCUT2D eigenvalue weighted by atomic mass is 16.5. The van der Waals surface area contributed by atoms with E-state index >= 15 is 0 Å². The van der Waals surface area contributed by atoms with Crippen LogP contribution in [0.2, 0.25) is 0 Å². The van der Waals surface area contributed by atoms with E-state index in [1.807, 2.05) is 20.8 Å². The Kier molecular flexibility index (Phi) is 6.57. The van der Waals surface area contributed by atoms with Crippen molar-refractivity contribution >= 4 is 0 Å². The van der Waals surface area contributed by atoms with Gasteiger partial charge in [-0.1, -0.05) is 6.92 Å². The minimum absolute atomic E-state index is 0.187. The first-order valence-electron chi connectivity index (χ1n) is 7.06. The summed E-state index contributed by atoms with van der Waals surface area (Å²) >= 11 is 0. The predicted molar refractivity (Wildman–Crippen MR) is 72.7 cm³/mol. The zero-order valence-electron chi connectivity index (χ0n) is 12.2. The monoisotopic (exact) mass is 259 g/mol. The van der Waals surface area contributed by atoms with E-state index in [-0.39, 0.29) is 5.60 Å². The highest BCUT2D eigenvalue weighted by Gasteiger charge is 2.26. The number of rotatable bonds is 7. The van der Waals surface area contributed by atoms with Gasteiger partial charge < -0.3 is 19.9 Å². The molecule has 0 amide bonds. The Hall–Kier alpha value is -0.160. The van der Waals surface area contributed by atoms with Crippen molar-refractivity contribution in [3.63, 3.8) is 0 Å². The van der Waals surface area contributed by atoms with Crippen molar-refractivity contribution in [3.8, 4) is 0 Å². The molecule has 0 bridgehead atoms. The fourth-order valence-electron chi connectivity index (χ4n) is 2.22. The molecule has 18 heavy (non-hydrogen) atoms. The van der Waals surface area contributed by atoms with Crippen LogP contribution in [0.15, 0.2) is 0 Å². The largest absolute Gasteiger partial charge is 0.389 e. The maximum Gasteiger partial charge on any atom is 0.0897 e. The third-order valence-corrected chi connectivity index (χ3v) is 3.24. The van der Waals surface area contributed by atoms with Crippen molar-refractivity contribution in [1.29, 1.82) is 0 Å². The van der Waals surface area contributed by atoms with Crippen LogP contribution in [0.3, 0.4) is 0 Å². The molecule has 1 heterocycles. The van der Waals surface area contributed by atoms with Gasteiger partial charge >= 0.3 is 0 Å². The normalized spacial score (nSPS) is 26.5. The Morgan fingerprint density at radius 1 is 1.44 bits per heavy atom. The summed E-state index contributed by atoms with van der Waals surface area (Å²) in [7, 11) is 0. The number of nitrogens with one attached hydrogen (secondary N) is 1. The third-order valence-electron chi connectivity index (χ3n) is 3.24. The molecule has 3 atom stereocenters. The van der Waals surface area contributed by atoms with Gasteiger partial charge in [0.1, 0.15) is 0 Å². The summed E-state index contributed by atoms with van der Waals surface area (Å²) in [5.41, 5.74) is -0.187. The van der Waals surface area contributed by atoms with Crippen LogP contribution in [0.5, 0.6) is 0 Å². The van der Waals surface area contributed by atoms with Crippen molar-refractivity contribution in [2.45, 2.75) is 58.3 Å². The van der Waals surface area contributed by atoms with Crippen LogP contribution < -0.4 is 5.32 Å². The van der Waals surface area contributed by atoms with Gasteiger partial charge in [0.25, 0.3) is 0 Å². The maximum absolute atomic E-state index is 9.79. The molecular formula is C14H29NO3. The van der Waals surface area contributed by atoms with Crippen molar-refractivity contribution in [3.05, 3.63) is 0 Å². The summed E-state index contributed by atoms with van der Waals surface area (Å²) in [6, 6.07) is 0. The molecule has 4 nitrogen and oxygen atoms in total. The molecule has 1 fully saturated rings. The van der Waals surface area contributed by atoms with Crippen LogP contribution >= 0.6 is 0 Å². The van der Waals surface area contributed by atoms with Gasteiger partial charge in [-0.15, -0.1) is 0 Å². The zero-order valence-corrected chi connectivity index (χ0v) is 12.2. The van der Waals surface area contributed by atoms with E-state index in [9.17, 15) is 5.11 Å². The Labute approximate surface area is 111 Å². The van der Waals surface area contributed by atoms with E-state index in [4.69, 9.17) is 9.47 Å². The lowest BCUT2D eigenvalue weighted by Crippen LogP contribution is -2.37. The lowest BCUT2D eigenvalue weighted by atomic mass is 10.00. The summed E-state index contributed by atoms with van der Waals surface area (Å²) in [4.78, 5) is 0. The summed E-state index contributed by atoms with van der Waals surface area (Å²) in [6.07, 6.45) is 2.15. The van der Waals surface area contributed by atoms with E-state index in [0.29, 0.717) is 25.2 Å². The first-order valence-corrected chi connectivity index (χ1v) is 7.06. The van der Waals surface area contributed by atoms with Crippen LogP contribution in [0.25, 0.3) is 0 Å². The van der Waals surface area contributed by atoms with Gasteiger partial charge in [-0.25, -0.2) is 0 Å². The Balaban J connectivity index is 2.10. The van der Waals surface area contributed by atoms with Crippen molar-refractivity contribution in [1.82, 2.24) is 5.32 Å². The molecule has 1 aliphatic rings. The van der Waals surface area contributed by atoms with E-state index in [2.05, 4.69) is 12.2 Å². The lowest BCUT2D eigenvalue weighted by Gasteiger charge is -2.23. The second-order valence-corrected chi connectivity index (χ2v) is 6.10. The first-order chi connectivity index (χ1) is 8.42. The predicted octanol–water partition coefficient (Wildman–Crippen LogP) is 1.57. The summed E-state index contributed by atoms with van der Waals surface area (Å²) in [5, 5.41) is 13.1. The SMILES string of the molecule is CCC1OCCC1CNCC(O)COC(C)(C)C. The quantitative estimate of drug-likeness (QED) is 0.728.